The fourth-order valence-corrected chi connectivity index (χ4v) is 3.69. The zero-order chi connectivity index (χ0) is 13.5. The fraction of sp³-hybridized carbons (Fsp3) is 0.286. The highest BCUT2D eigenvalue weighted by Crippen LogP contribution is 2.32. The van der Waals surface area contributed by atoms with Crippen LogP contribution in [0.5, 0.6) is 0 Å². The molecule has 2 atom stereocenters. The first-order valence-electron chi connectivity index (χ1n) is 6.47. The summed E-state index contributed by atoms with van der Waals surface area (Å²) in [6, 6.07) is 9.83. The Hall–Kier alpha value is -1.79. The van der Waals surface area contributed by atoms with Crippen LogP contribution in [0.25, 0.3) is 22.6 Å². The molecule has 1 fully saturated rings. The van der Waals surface area contributed by atoms with Crippen LogP contribution in [0.15, 0.2) is 39.3 Å². The Morgan fingerprint density at radius 3 is 2.95 bits per heavy atom. The van der Waals surface area contributed by atoms with Gasteiger partial charge in [0.1, 0.15) is 5.58 Å². The number of hydrogen-bond donors (Lipinski definition) is 1. The van der Waals surface area contributed by atoms with Gasteiger partial charge < -0.3 is 14.7 Å². The summed E-state index contributed by atoms with van der Waals surface area (Å²) in [5, 5.41) is 5.05. The Morgan fingerprint density at radius 2 is 2.15 bits per heavy atom. The van der Waals surface area contributed by atoms with E-state index in [0.29, 0.717) is 17.5 Å². The highest BCUT2D eigenvalue weighted by molar-refractivity contribution is 7.99. The van der Waals surface area contributed by atoms with Gasteiger partial charge in [-0.3, -0.25) is 0 Å². The standard InChI is InChI=1S/C14H13N3O2S/c15-10-7-20-6-9(10)14-16-13(17-19-14)12-5-8-3-1-2-4-11(8)18-12/h1-5,9-10H,6-7,15H2. The largest absolute Gasteiger partial charge is 0.453 e. The molecule has 0 aliphatic carbocycles. The molecular weight excluding hydrogens is 274 g/mol. The summed E-state index contributed by atoms with van der Waals surface area (Å²) in [4.78, 5) is 4.44. The molecule has 2 N–H and O–H groups in total. The molecule has 102 valence electrons. The first-order valence-corrected chi connectivity index (χ1v) is 7.62. The van der Waals surface area contributed by atoms with Gasteiger partial charge in [-0.2, -0.15) is 16.7 Å². The van der Waals surface area contributed by atoms with E-state index in [-0.39, 0.29) is 12.0 Å². The van der Waals surface area contributed by atoms with Gasteiger partial charge in [-0.25, -0.2) is 0 Å². The van der Waals surface area contributed by atoms with Crippen molar-refractivity contribution >= 4 is 22.7 Å². The molecule has 0 radical (unpaired) electrons. The lowest BCUT2D eigenvalue weighted by molar-refractivity contribution is 0.352. The summed E-state index contributed by atoms with van der Waals surface area (Å²) >= 11 is 1.82. The lowest BCUT2D eigenvalue weighted by Crippen LogP contribution is -2.26. The topological polar surface area (TPSA) is 78.1 Å². The van der Waals surface area contributed by atoms with Crippen LogP contribution < -0.4 is 5.73 Å². The van der Waals surface area contributed by atoms with Gasteiger partial charge in [0.25, 0.3) is 0 Å². The minimum atomic E-state index is 0.0870. The van der Waals surface area contributed by atoms with Gasteiger partial charge in [-0.15, -0.1) is 0 Å². The van der Waals surface area contributed by atoms with Crippen molar-refractivity contribution in [3.05, 3.63) is 36.2 Å². The van der Waals surface area contributed by atoms with E-state index >= 15 is 0 Å². The minimum Gasteiger partial charge on any atom is -0.453 e. The predicted molar refractivity (Wildman–Crippen MR) is 77.5 cm³/mol. The number of hydrogen-bond acceptors (Lipinski definition) is 6. The van der Waals surface area contributed by atoms with E-state index < -0.39 is 0 Å². The van der Waals surface area contributed by atoms with Crippen molar-refractivity contribution in [2.45, 2.75) is 12.0 Å². The number of rotatable bonds is 2. The van der Waals surface area contributed by atoms with Crippen LogP contribution in [0.4, 0.5) is 0 Å². The summed E-state index contributed by atoms with van der Waals surface area (Å²) in [6.07, 6.45) is 0. The fourth-order valence-electron chi connectivity index (χ4n) is 2.40. The molecule has 0 spiro atoms. The van der Waals surface area contributed by atoms with Crippen molar-refractivity contribution < 1.29 is 8.94 Å². The Balaban J connectivity index is 1.70. The maximum absolute atomic E-state index is 6.05. The van der Waals surface area contributed by atoms with Gasteiger partial charge in [0.2, 0.25) is 11.7 Å². The highest BCUT2D eigenvalue weighted by Gasteiger charge is 2.31. The lowest BCUT2D eigenvalue weighted by Gasteiger charge is -2.07. The zero-order valence-electron chi connectivity index (χ0n) is 10.7. The molecule has 0 bridgehead atoms. The van der Waals surface area contributed by atoms with E-state index in [1.54, 1.807) is 0 Å². The summed E-state index contributed by atoms with van der Waals surface area (Å²) in [7, 11) is 0. The average Bonchev–Trinajstić information content (AvgIpc) is 3.15. The summed E-state index contributed by atoms with van der Waals surface area (Å²) in [5.74, 6) is 3.74. The van der Waals surface area contributed by atoms with E-state index in [1.807, 2.05) is 42.1 Å². The zero-order valence-corrected chi connectivity index (χ0v) is 11.5. The molecule has 2 aromatic heterocycles. The van der Waals surface area contributed by atoms with Crippen LogP contribution in [-0.2, 0) is 0 Å². The molecule has 1 aliphatic heterocycles. The summed E-state index contributed by atoms with van der Waals surface area (Å²) in [6.45, 7) is 0. The van der Waals surface area contributed by atoms with Crippen LogP contribution >= 0.6 is 11.8 Å². The molecule has 6 heteroatoms. The first kappa shape index (κ1) is 12.0. The third-order valence-electron chi connectivity index (χ3n) is 3.53. The van der Waals surface area contributed by atoms with Gasteiger partial charge in [0.05, 0.1) is 5.92 Å². The number of furan rings is 1. The van der Waals surface area contributed by atoms with E-state index in [0.717, 1.165) is 22.5 Å². The van der Waals surface area contributed by atoms with Crippen molar-refractivity contribution in [2.75, 3.05) is 11.5 Å². The van der Waals surface area contributed by atoms with Crippen LogP contribution in [-0.4, -0.2) is 27.7 Å². The lowest BCUT2D eigenvalue weighted by atomic mass is 10.1. The first-order chi connectivity index (χ1) is 9.81. The maximum Gasteiger partial charge on any atom is 0.238 e. The maximum atomic E-state index is 6.05. The van der Waals surface area contributed by atoms with Crippen molar-refractivity contribution in [3.8, 4) is 11.6 Å². The normalized spacial score (nSPS) is 22.6. The highest BCUT2D eigenvalue weighted by atomic mass is 32.2. The molecule has 4 rings (SSSR count). The third kappa shape index (κ3) is 1.92. The summed E-state index contributed by atoms with van der Waals surface area (Å²) in [5.41, 5.74) is 6.87. The summed E-state index contributed by atoms with van der Waals surface area (Å²) < 4.78 is 11.1. The van der Waals surface area contributed by atoms with Crippen molar-refractivity contribution in [1.82, 2.24) is 10.1 Å². The molecule has 1 saturated heterocycles. The number of aromatic nitrogens is 2. The third-order valence-corrected chi connectivity index (χ3v) is 4.74. The van der Waals surface area contributed by atoms with E-state index in [4.69, 9.17) is 14.7 Å². The van der Waals surface area contributed by atoms with Crippen molar-refractivity contribution in [1.29, 1.82) is 0 Å². The molecule has 2 unspecified atom stereocenters. The number of benzene rings is 1. The molecule has 0 amide bonds. The van der Waals surface area contributed by atoms with Crippen LogP contribution in [0, 0.1) is 0 Å². The second kappa shape index (κ2) is 4.64. The number of nitrogens with two attached hydrogens (primary N) is 1. The Labute approximate surface area is 119 Å². The van der Waals surface area contributed by atoms with Gasteiger partial charge in [0.15, 0.2) is 5.76 Å². The monoisotopic (exact) mass is 287 g/mol. The molecule has 0 saturated carbocycles. The predicted octanol–water partition coefficient (Wildman–Crippen LogP) is 2.64. The molecule has 5 nitrogen and oxygen atoms in total. The Morgan fingerprint density at radius 1 is 1.25 bits per heavy atom. The number of para-hydroxylation sites is 1. The van der Waals surface area contributed by atoms with Gasteiger partial charge in [-0.05, 0) is 12.1 Å². The molecular formula is C14H13N3O2S. The number of nitrogens with zero attached hydrogens (tertiary/aromatic N) is 2. The molecule has 3 aromatic rings. The SMILES string of the molecule is NC1CSCC1c1nc(-c2cc3ccccc3o2)no1. The quantitative estimate of drug-likeness (QED) is 0.780. The second-order valence-electron chi connectivity index (χ2n) is 4.91. The van der Waals surface area contributed by atoms with Gasteiger partial charge in [0, 0.05) is 22.9 Å². The molecule has 1 aliphatic rings. The van der Waals surface area contributed by atoms with E-state index in [1.165, 1.54) is 0 Å². The van der Waals surface area contributed by atoms with Crippen LogP contribution in [0.3, 0.4) is 0 Å². The van der Waals surface area contributed by atoms with Crippen molar-refractivity contribution in [3.63, 3.8) is 0 Å². The van der Waals surface area contributed by atoms with Gasteiger partial charge in [-0.1, -0.05) is 23.4 Å². The van der Waals surface area contributed by atoms with Crippen LogP contribution in [0.1, 0.15) is 11.8 Å². The molecule has 3 heterocycles. The molecule has 1 aromatic carbocycles. The molecule has 20 heavy (non-hydrogen) atoms. The average molecular weight is 287 g/mol. The Kier molecular flexibility index (Phi) is 2.78. The smallest absolute Gasteiger partial charge is 0.238 e. The van der Waals surface area contributed by atoms with Crippen LogP contribution in [0.2, 0.25) is 0 Å². The van der Waals surface area contributed by atoms with E-state index in [2.05, 4.69) is 10.1 Å². The van der Waals surface area contributed by atoms with Gasteiger partial charge >= 0.3 is 0 Å². The Bertz CT molecular complexity index is 719. The second-order valence-corrected chi connectivity index (χ2v) is 5.99. The van der Waals surface area contributed by atoms with E-state index in [9.17, 15) is 0 Å². The number of thioether (sulfide) groups is 1. The van der Waals surface area contributed by atoms with Crippen molar-refractivity contribution in [2.24, 2.45) is 5.73 Å². The number of fused-ring (bicyclic) bond motifs is 1. The minimum absolute atomic E-state index is 0.0870.